The number of carbonyl (C=O) groups is 1. The minimum atomic E-state index is -0.584. The third kappa shape index (κ3) is 3.61. The topological polar surface area (TPSA) is 116 Å². The van der Waals surface area contributed by atoms with Gasteiger partial charge in [-0.15, -0.1) is 0 Å². The first kappa shape index (κ1) is 19.8. The second kappa shape index (κ2) is 7.40. The van der Waals surface area contributed by atoms with Gasteiger partial charge in [-0.2, -0.15) is 9.28 Å². The Bertz CT molecular complexity index is 1010. The van der Waals surface area contributed by atoms with Crippen LogP contribution < -0.4 is 9.80 Å². The lowest BCUT2D eigenvalue weighted by atomic mass is 10.0. The smallest absolute Gasteiger partial charge is 0.414 e. The van der Waals surface area contributed by atoms with E-state index in [-0.39, 0.29) is 23.2 Å². The van der Waals surface area contributed by atoms with Gasteiger partial charge in [0, 0.05) is 37.0 Å². The molecule has 0 aromatic carbocycles. The molecule has 1 fully saturated rings. The fourth-order valence-corrected chi connectivity index (χ4v) is 4.15. The summed E-state index contributed by atoms with van der Waals surface area (Å²) in [7, 11) is 0. The molecule has 3 aromatic rings. The second-order valence-electron chi connectivity index (χ2n) is 8.68. The Kier molecular flexibility index (Phi) is 5.05. The summed E-state index contributed by atoms with van der Waals surface area (Å²) in [5, 5.41) is 20.7. The number of likely N-dealkylation sites (tertiary alicyclic amines) is 1. The average molecular weight is 401 g/mol. The van der Waals surface area contributed by atoms with Gasteiger partial charge in [0.2, 0.25) is 5.82 Å². The van der Waals surface area contributed by atoms with E-state index >= 15 is 0 Å². The zero-order chi connectivity index (χ0) is 20.6. The van der Waals surface area contributed by atoms with Gasteiger partial charge in [-0.25, -0.2) is 9.97 Å². The molecule has 9 heteroatoms. The lowest BCUT2D eigenvalue weighted by Crippen LogP contribution is -2.62. The molecule has 4 N–H and O–H groups in total. The van der Waals surface area contributed by atoms with Gasteiger partial charge in [0.15, 0.2) is 5.65 Å². The number of hydrogen-bond donors (Lipinski definition) is 4. The molecule has 156 valence electrons. The molecule has 3 aromatic heterocycles. The highest BCUT2D eigenvalue weighted by atomic mass is 16.6. The quantitative estimate of drug-likeness (QED) is 0.499. The molecule has 0 bridgehead atoms. The number of piperidine rings is 1. The first-order valence-corrected chi connectivity index (χ1v) is 10.1. The number of pyridine rings is 1. The SMILES string of the molecule is CC(C)(C)OC(=O)[N+]1(c2[nH][nH]c3cnc4nccc4c23)CCC(NCCO)CC1. The van der Waals surface area contributed by atoms with E-state index in [1.54, 1.807) is 12.4 Å². The number of aliphatic hydroxyl groups excluding tert-OH is 1. The Balaban J connectivity index is 1.78. The summed E-state index contributed by atoms with van der Waals surface area (Å²) >= 11 is 0. The molecule has 1 aliphatic heterocycles. The highest BCUT2D eigenvalue weighted by Crippen LogP contribution is 2.37. The van der Waals surface area contributed by atoms with Crippen LogP contribution in [0.15, 0.2) is 18.5 Å². The highest BCUT2D eigenvalue weighted by Gasteiger charge is 2.48. The Morgan fingerprint density at radius 1 is 1.31 bits per heavy atom. The molecule has 1 saturated heterocycles. The Hall–Kier alpha value is -2.49. The number of rotatable bonds is 4. The van der Waals surface area contributed by atoms with Crippen LogP contribution in [-0.2, 0) is 4.74 Å². The number of quaternary nitrogens is 1. The lowest BCUT2D eigenvalue weighted by molar-refractivity contribution is 0.0206. The van der Waals surface area contributed by atoms with Gasteiger partial charge in [0.25, 0.3) is 0 Å². The van der Waals surface area contributed by atoms with E-state index in [0.717, 1.165) is 34.9 Å². The summed E-state index contributed by atoms with van der Waals surface area (Å²) in [6.07, 6.45) is 4.81. The largest absolute Gasteiger partial charge is 0.523 e. The van der Waals surface area contributed by atoms with Crippen molar-refractivity contribution in [1.29, 1.82) is 0 Å². The number of aromatic amines is 2. The van der Waals surface area contributed by atoms with E-state index in [2.05, 4.69) is 25.5 Å². The third-order valence-corrected chi connectivity index (χ3v) is 5.52. The molecule has 0 unspecified atom stereocenters. The minimum Gasteiger partial charge on any atom is -0.414 e. The van der Waals surface area contributed by atoms with Crippen molar-refractivity contribution in [2.24, 2.45) is 0 Å². The number of aliphatic hydroxyl groups is 1. The number of aromatic nitrogens is 4. The van der Waals surface area contributed by atoms with Crippen LogP contribution in [0.2, 0.25) is 0 Å². The number of carbonyl (C=O) groups excluding carboxylic acids is 1. The summed E-state index contributed by atoms with van der Waals surface area (Å²) in [5.74, 6) is 0.787. The van der Waals surface area contributed by atoms with Crippen LogP contribution >= 0.6 is 0 Å². The predicted octanol–water partition coefficient (Wildman–Crippen LogP) is 2.43. The molecule has 0 spiro atoms. The molecular weight excluding hydrogens is 372 g/mol. The van der Waals surface area contributed by atoms with Crippen LogP contribution in [0.5, 0.6) is 0 Å². The zero-order valence-electron chi connectivity index (χ0n) is 17.2. The molecule has 1 aliphatic rings. The van der Waals surface area contributed by atoms with E-state index in [1.807, 2.05) is 26.8 Å². The number of amides is 1. The molecule has 0 aliphatic carbocycles. The van der Waals surface area contributed by atoms with Crippen molar-refractivity contribution >= 4 is 33.8 Å². The number of fused-ring (bicyclic) bond motifs is 3. The Morgan fingerprint density at radius 2 is 2.07 bits per heavy atom. The van der Waals surface area contributed by atoms with Gasteiger partial charge in [-0.1, -0.05) is 0 Å². The van der Waals surface area contributed by atoms with Crippen molar-refractivity contribution in [2.75, 3.05) is 26.2 Å². The first-order valence-electron chi connectivity index (χ1n) is 10.1. The maximum atomic E-state index is 13.5. The fourth-order valence-electron chi connectivity index (χ4n) is 4.15. The average Bonchev–Trinajstić information content (AvgIpc) is 3.31. The number of nitrogens with one attached hydrogen (secondary N) is 3. The zero-order valence-corrected chi connectivity index (χ0v) is 17.2. The third-order valence-electron chi connectivity index (χ3n) is 5.52. The minimum absolute atomic E-state index is 0.0822. The summed E-state index contributed by atoms with van der Waals surface area (Å²) in [4.78, 5) is 22.2. The fraction of sp³-hybridized carbons (Fsp3) is 0.550. The molecule has 4 rings (SSSR count). The highest BCUT2D eigenvalue weighted by molar-refractivity contribution is 6.10. The van der Waals surface area contributed by atoms with Crippen molar-refractivity contribution in [3.63, 3.8) is 0 Å². The monoisotopic (exact) mass is 401 g/mol. The van der Waals surface area contributed by atoms with E-state index in [0.29, 0.717) is 25.3 Å². The van der Waals surface area contributed by atoms with Crippen molar-refractivity contribution in [3.05, 3.63) is 18.5 Å². The summed E-state index contributed by atoms with van der Waals surface area (Å²) < 4.78 is 5.95. The van der Waals surface area contributed by atoms with Crippen molar-refractivity contribution in [3.8, 4) is 0 Å². The summed E-state index contributed by atoms with van der Waals surface area (Å²) in [6, 6.07) is 2.19. The van der Waals surface area contributed by atoms with Crippen LogP contribution in [0.1, 0.15) is 33.6 Å². The van der Waals surface area contributed by atoms with Gasteiger partial charge >= 0.3 is 6.09 Å². The molecular formula is C20H29N6O3+. The van der Waals surface area contributed by atoms with Gasteiger partial charge in [0.1, 0.15) is 5.60 Å². The van der Waals surface area contributed by atoms with Gasteiger partial charge in [-0.3, -0.25) is 10.2 Å². The van der Waals surface area contributed by atoms with Gasteiger partial charge < -0.3 is 15.2 Å². The van der Waals surface area contributed by atoms with Crippen molar-refractivity contribution in [1.82, 2.24) is 30.0 Å². The standard InChI is InChI=1S/C20H29N6O3/c1-20(2,3)29-19(28)26(9-5-13(6-10-26)21-8-11-27)18-16-14-4-7-22-17(14)23-12-15(16)24-25-18/h4,7,12-13,21,24-25,27H,5-6,8-11H2,1-3H3/q+1. The molecule has 1 amide bonds. The Morgan fingerprint density at radius 3 is 2.76 bits per heavy atom. The van der Waals surface area contributed by atoms with Crippen LogP contribution in [0.25, 0.3) is 21.9 Å². The van der Waals surface area contributed by atoms with Gasteiger partial charge in [-0.05, 0) is 26.8 Å². The number of ether oxygens (including phenoxy) is 1. The van der Waals surface area contributed by atoms with E-state index in [4.69, 9.17) is 9.84 Å². The van der Waals surface area contributed by atoms with Crippen LogP contribution in [0.3, 0.4) is 0 Å². The second-order valence-corrected chi connectivity index (χ2v) is 8.68. The maximum Gasteiger partial charge on any atom is 0.523 e. The van der Waals surface area contributed by atoms with Crippen molar-refractivity contribution < 1.29 is 14.6 Å². The molecule has 0 saturated carbocycles. The molecule has 4 heterocycles. The maximum absolute atomic E-state index is 13.5. The van der Waals surface area contributed by atoms with Crippen molar-refractivity contribution in [2.45, 2.75) is 45.3 Å². The van der Waals surface area contributed by atoms with E-state index in [9.17, 15) is 4.79 Å². The number of H-pyrrole nitrogens is 2. The summed E-state index contributed by atoms with van der Waals surface area (Å²) in [5.41, 5.74) is 0.912. The number of hydrogen-bond acceptors (Lipinski definition) is 6. The van der Waals surface area contributed by atoms with Crippen LogP contribution in [0, 0.1) is 0 Å². The summed E-state index contributed by atoms with van der Waals surface area (Å²) in [6.45, 7) is 7.52. The predicted molar refractivity (Wildman–Crippen MR) is 112 cm³/mol. The normalized spacial score (nSPS) is 23.0. The molecule has 9 nitrogen and oxygen atoms in total. The van der Waals surface area contributed by atoms with Crippen LogP contribution in [-0.4, -0.2) is 69.2 Å². The molecule has 0 atom stereocenters. The Labute approximate surface area is 169 Å². The number of nitrogens with zero attached hydrogens (tertiary/aromatic N) is 3. The van der Waals surface area contributed by atoms with E-state index in [1.165, 1.54) is 0 Å². The molecule has 0 radical (unpaired) electrons. The van der Waals surface area contributed by atoms with Crippen LogP contribution in [0.4, 0.5) is 10.6 Å². The van der Waals surface area contributed by atoms with Gasteiger partial charge in [0.05, 0.1) is 36.8 Å². The lowest BCUT2D eigenvalue weighted by Gasteiger charge is -2.40. The molecule has 29 heavy (non-hydrogen) atoms. The first-order chi connectivity index (χ1) is 13.8. The van der Waals surface area contributed by atoms with E-state index < -0.39 is 5.60 Å².